The summed E-state index contributed by atoms with van der Waals surface area (Å²) < 4.78 is 1.07. The Morgan fingerprint density at radius 2 is 1.77 bits per heavy atom. The van der Waals surface area contributed by atoms with Crippen LogP contribution in [0.2, 0.25) is 0 Å². The van der Waals surface area contributed by atoms with Gasteiger partial charge in [-0.15, -0.1) is 0 Å². The first-order chi connectivity index (χ1) is 6.15. The van der Waals surface area contributed by atoms with Gasteiger partial charge < -0.3 is 0 Å². The highest BCUT2D eigenvalue weighted by molar-refractivity contribution is 9.10. The van der Waals surface area contributed by atoms with Crippen LogP contribution in [0.1, 0.15) is 16.7 Å². The lowest BCUT2D eigenvalue weighted by atomic mass is 10.0. The maximum Gasteiger partial charge on any atom is 0.142 e. The van der Waals surface area contributed by atoms with E-state index in [1.54, 1.807) is 0 Å². The van der Waals surface area contributed by atoms with Gasteiger partial charge in [-0.3, -0.25) is 4.79 Å². The van der Waals surface area contributed by atoms with Crippen LogP contribution >= 0.6 is 15.9 Å². The van der Waals surface area contributed by atoms with Crippen molar-refractivity contribution < 1.29 is 4.79 Å². The Bertz CT molecular complexity index is 330. The second-order valence-electron chi connectivity index (χ2n) is 2.95. The van der Waals surface area contributed by atoms with Gasteiger partial charge in [0, 0.05) is 4.47 Å². The van der Waals surface area contributed by atoms with Gasteiger partial charge in [0.2, 0.25) is 0 Å². The van der Waals surface area contributed by atoms with Crippen molar-refractivity contribution in [2.45, 2.75) is 13.8 Å². The van der Waals surface area contributed by atoms with Gasteiger partial charge in [0.15, 0.2) is 0 Å². The summed E-state index contributed by atoms with van der Waals surface area (Å²) in [4.78, 5) is 10.2. The van der Waals surface area contributed by atoms with Gasteiger partial charge in [-0.25, -0.2) is 0 Å². The topological polar surface area (TPSA) is 17.1 Å². The van der Waals surface area contributed by atoms with Gasteiger partial charge in [0.05, 0.1) is 0 Å². The molecule has 1 aromatic rings. The molecule has 0 unspecified atom stereocenters. The van der Waals surface area contributed by atoms with Gasteiger partial charge in [0.25, 0.3) is 0 Å². The predicted molar refractivity (Wildman–Crippen MR) is 58.7 cm³/mol. The van der Waals surface area contributed by atoms with E-state index in [0.717, 1.165) is 16.3 Å². The minimum absolute atomic E-state index is 0.793. The lowest BCUT2D eigenvalue weighted by Crippen LogP contribution is -1.86. The fourth-order valence-corrected chi connectivity index (χ4v) is 2.01. The predicted octanol–water partition coefficient (Wildman–Crippen LogP) is 3.28. The first kappa shape index (κ1) is 10.2. The lowest BCUT2D eigenvalue weighted by molar-refractivity contribution is -0.104. The standard InChI is InChI=1S/C11H11BrO/c1-8-6-10(12)7-9(2)11(8)4-3-5-13/h3-7H,1-2H3. The van der Waals surface area contributed by atoms with Crippen molar-refractivity contribution in [3.63, 3.8) is 0 Å². The van der Waals surface area contributed by atoms with Crippen LogP contribution in [-0.2, 0) is 4.79 Å². The first-order valence-corrected chi connectivity index (χ1v) is 4.83. The number of aldehydes is 1. The number of hydrogen-bond donors (Lipinski definition) is 0. The van der Waals surface area contributed by atoms with Crippen LogP contribution in [0.5, 0.6) is 0 Å². The number of benzene rings is 1. The molecule has 2 heteroatoms. The van der Waals surface area contributed by atoms with Crippen LogP contribution in [0.4, 0.5) is 0 Å². The van der Waals surface area contributed by atoms with Crippen molar-refractivity contribution in [3.05, 3.63) is 39.4 Å². The summed E-state index contributed by atoms with van der Waals surface area (Å²) in [5.74, 6) is 0. The van der Waals surface area contributed by atoms with Crippen LogP contribution in [0, 0.1) is 13.8 Å². The monoisotopic (exact) mass is 238 g/mol. The third kappa shape index (κ3) is 2.52. The molecular weight excluding hydrogens is 228 g/mol. The van der Waals surface area contributed by atoms with Gasteiger partial charge in [-0.1, -0.05) is 22.0 Å². The van der Waals surface area contributed by atoms with Gasteiger partial charge in [-0.05, 0) is 48.7 Å². The molecule has 0 aromatic heterocycles. The average Bonchev–Trinajstić information content (AvgIpc) is 2.02. The molecule has 68 valence electrons. The van der Waals surface area contributed by atoms with Crippen molar-refractivity contribution >= 4 is 28.3 Å². The normalized spacial score (nSPS) is 10.7. The zero-order chi connectivity index (χ0) is 9.84. The molecule has 0 fully saturated rings. The van der Waals surface area contributed by atoms with Crippen molar-refractivity contribution in [2.75, 3.05) is 0 Å². The summed E-state index contributed by atoms with van der Waals surface area (Å²) in [5.41, 5.74) is 3.46. The number of allylic oxidation sites excluding steroid dienone is 1. The van der Waals surface area contributed by atoms with E-state index in [2.05, 4.69) is 15.9 Å². The molecule has 0 aliphatic heterocycles. The molecule has 0 saturated heterocycles. The van der Waals surface area contributed by atoms with E-state index in [-0.39, 0.29) is 0 Å². The molecule has 0 bridgehead atoms. The Labute approximate surface area is 86.6 Å². The molecule has 0 atom stereocenters. The summed E-state index contributed by atoms with van der Waals surface area (Å²) in [7, 11) is 0. The lowest BCUT2D eigenvalue weighted by Gasteiger charge is -2.05. The van der Waals surface area contributed by atoms with E-state index >= 15 is 0 Å². The van der Waals surface area contributed by atoms with E-state index in [9.17, 15) is 4.79 Å². The van der Waals surface area contributed by atoms with Crippen molar-refractivity contribution in [3.8, 4) is 0 Å². The highest BCUT2D eigenvalue weighted by Crippen LogP contribution is 2.21. The second-order valence-corrected chi connectivity index (χ2v) is 3.86. The largest absolute Gasteiger partial charge is 0.299 e. The first-order valence-electron chi connectivity index (χ1n) is 4.03. The third-order valence-corrected chi connectivity index (χ3v) is 2.36. The SMILES string of the molecule is Cc1cc(Br)cc(C)c1C=CC=O. The molecule has 13 heavy (non-hydrogen) atoms. The highest BCUT2D eigenvalue weighted by atomic mass is 79.9. The summed E-state index contributed by atoms with van der Waals surface area (Å²) in [6.07, 6.45) is 4.15. The molecule has 0 saturated carbocycles. The molecule has 0 heterocycles. The minimum atomic E-state index is 0.793. The fourth-order valence-electron chi connectivity index (χ4n) is 1.32. The summed E-state index contributed by atoms with van der Waals surface area (Å²) in [6, 6.07) is 4.08. The molecule has 0 N–H and O–H groups in total. The Morgan fingerprint density at radius 1 is 1.23 bits per heavy atom. The van der Waals surface area contributed by atoms with E-state index in [1.807, 2.05) is 32.1 Å². The van der Waals surface area contributed by atoms with Crippen molar-refractivity contribution in [1.82, 2.24) is 0 Å². The van der Waals surface area contributed by atoms with E-state index in [0.29, 0.717) is 0 Å². The molecule has 1 nitrogen and oxygen atoms in total. The molecule has 1 aromatic carbocycles. The summed E-state index contributed by atoms with van der Waals surface area (Å²) >= 11 is 3.42. The highest BCUT2D eigenvalue weighted by Gasteiger charge is 1.99. The Balaban J connectivity index is 3.20. The molecule has 0 radical (unpaired) electrons. The molecule has 0 aliphatic rings. The van der Waals surface area contributed by atoms with Crippen LogP contribution in [-0.4, -0.2) is 6.29 Å². The maximum atomic E-state index is 10.2. The number of halogens is 1. The summed E-state index contributed by atoms with van der Waals surface area (Å²) in [5, 5.41) is 0. The minimum Gasteiger partial charge on any atom is -0.299 e. The summed E-state index contributed by atoms with van der Waals surface area (Å²) in [6.45, 7) is 4.06. The number of rotatable bonds is 2. The van der Waals surface area contributed by atoms with Gasteiger partial charge in [0.1, 0.15) is 6.29 Å². The van der Waals surface area contributed by atoms with E-state index in [1.165, 1.54) is 17.2 Å². The molecule has 1 rings (SSSR count). The number of hydrogen-bond acceptors (Lipinski definition) is 1. The fraction of sp³-hybridized carbons (Fsp3) is 0.182. The van der Waals surface area contributed by atoms with Crippen LogP contribution in [0.15, 0.2) is 22.7 Å². The van der Waals surface area contributed by atoms with Gasteiger partial charge >= 0.3 is 0 Å². The van der Waals surface area contributed by atoms with Crippen molar-refractivity contribution in [2.24, 2.45) is 0 Å². The van der Waals surface area contributed by atoms with Crippen LogP contribution < -0.4 is 0 Å². The Hall–Kier alpha value is -0.890. The Kier molecular flexibility index (Phi) is 3.43. The molecule has 0 aliphatic carbocycles. The molecule has 0 amide bonds. The van der Waals surface area contributed by atoms with Crippen LogP contribution in [0.25, 0.3) is 6.08 Å². The molecular formula is C11H11BrO. The number of carbonyl (C=O) groups excluding carboxylic acids is 1. The second kappa shape index (κ2) is 4.38. The Morgan fingerprint density at radius 3 is 2.23 bits per heavy atom. The zero-order valence-electron chi connectivity index (χ0n) is 7.67. The maximum absolute atomic E-state index is 10.2. The average molecular weight is 239 g/mol. The smallest absolute Gasteiger partial charge is 0.142 e. The molecule has 0 spiro atoms. The third-order valence-electron chi connectivity index (χ3n) is 1.90. The number of aryl methyl sites for hydroxylation is 2. The van der Waals surface area contributed by atoms with E-state index in [4.69, 9.17) is 0 Å². The van der Waals surface area contributed by atoms with Gasteiger partial charge in [-0.2, -0.15) is 0 Å². The quantitative estimate of drug-likeness (QED) is 0.571. The van der Waals surface area contributed by atoms with Crippen molar-refractivity contribution in [1.29, 1.82) is 0 Å². The number of carbonyl (C=O) groups is 1. The zero-order valence-corrected chi connectivity index (χ0v) is 9.26. The van der Waals surface area contributed by atoms with Crippen LogP contribution in [0.3, 0.4) is 0 Å². The van der Waals surface area contributed by atoms with E-state index < -0.39 is 0 Å².